The number of benzene rings is 1. The molecule has 0 bridgehead atoms. The molecule has 0 aliphatic rings. The van der Waals surface area contributed by atoms with E-state index in [0.717, 1.165) is 21.1 Å². The van der Waals surface area contributed by atoms with Crippen molar-refractivity contribution in [2.24, 2.45) is 0 Å². The molecule has 0 aliphatic carbocycles. The largest absolute Gasteiger partial charge is 0.246 e. The zero-order valence-corrected chi connectivity index (χ0v) is 8.60. The molecule has 2 rings (SSSR count). The van der Waals surface area contributed by atoms with E-state index in [2.05, 4.69) is 20.9 Å². The summed E-state index contributed by atoms with van der Waals surface area (Å²) in [6.45, 7) is 1.88. The molecule has 1 nitrogen and oxygen atoms in total. The third kappa shape index (κ3) is 1.56. The van der Waals surface area contributed by atoms with Gasteiger partial charge in [0, 0.05) is 11.1 Å². The third-order valence-corrected chi connectivity index (χ3v) is 2.48. The first-order valence-electron chi connectivity index (χ1n) is 3.89. The SMILES string of the molecule is Cc1cc2cc(F)ccc2c(Br)n1. The average Bonchev–Trinajstić information content (AvgIpc) is 2.02. The summed E-state index contributed by atoms with van der Waals surface area (Å²) in [4.78, 5) is 4.23. The van der Waals surface area contributed by atoms with E-state index in [-0.39, 0.29) is 5.82 Å². The van der Waals surface area contributed by atoms with Gasteiger partial charge in [-0.15, -0.1) is 0 Å². The summed E-state index contributed by atoms with van der Waals surface area (Å²) in [5, 5.41) is 1.81. The van der Waals surface area contributed by atoms with E-state index in [1.807, 2.05) is 13.0 Å². The highest BCUT2D eigenvalue weighted by Crippen LogP contribution is 2.23. The number of hydrogen-bond donors (Lipinski definition) is 0. The molecule has 66 valence electrons. The van der Waals surface area contributed by atoms with Gasteiger partial charge in [0.2, 0.25) is 0 Å². The van der Waals surface area contributed by atoms with E-state index in [1.54, 1.807) is 6.07 Å². The molecule has 0 aliphatic heterocycles. The molecule has 1 aromatic heterocycles. The maximum atomic E-state index is 12.9. The number of halogens is 2. The Morgan fingerprint density at radius 1 is 1.31 bits per heavy atom. The quantitative estimate of drug-likeness (QED) is 0.642. The van der Waals surface area contributed by atoms with Gasteiger partial charge in [-0.1, -0.05) is 0 Å². The van der Waals surface area contributed by atoms with Crippen LogP contribution >= 0.6 is 15.9 Å². The Hall–Kier alpha value is -0.960. The molecule has 13 heavy (non-hydrogen) atoms. The van der Waals surface area contributed by atoms with E-state index in [9.17, 15) is 4.39 Å². The minimum Gasteiger partial charge on any atom is -0.246 e. The van der Waals surface area contributed by atoms with Crippen LogP contribution in [-0.2, 0) is 0 Å². The zero-order valence-electron chi connectivity index (χ0n) is 7.01. The fourth-order valence-corrected chi connectivity index (χ4v) is 1.95. The molecule has 0 unspecified atom stereocenters. The minimum atomic E-state index is -0.218. The second-order valence-corrected chi connectivity index (χ2v) is 3.67. The third-order valence-electron chi connectivity index (χ3n) is 1.87. The van der Waals surface area contributed by atoms with Crippen LogP contribution in [0.1, 0.15) is 5.69 Å². The summed E-state index contributed by atoms with van der Waals surface area (Å²) >= 11 is 3.34. The molecule has 0 saturated carbocycles. The Bertz CT molecular complexity index is 462. The first-order valence-corrected chi connectivity index (χ1v) is 4.68. The Kier molecular flexibility index (Phi) is 2.04. The van der Waals surface area contributed by atoms with Gasteiger partial charge in [0.1, 0.15) is 10.4 Å². The lowest BCUT2D eigenvalue weighted by Gasteiger charge is -2.01. The standard InChI is InChI=1S/C10H7BrFN/c1-6-4-7-5-8(12)2-3-9(7)10(11)13-6/h2-5H,1H3. The molecule has 2 aromatic rings. The molecule has 0 radical (unpaired) electrons. The van der Waals surface area contributed by atoms with Gasteiger partial charge in [-0.25, -0.2) is 9.37 Å². The van der Waals surface area contributed by atoms with Crippen molar-refractivity contribution in [3.8, 4) is 0 Å². The minimum absolute atomic E-state index is 0.218. The van der Waals surface area contributed by atoms with Gasteiger partial charge in [-0.2, -0.15) is 0 Å². The Morgan fingerprint density at radius 3 is 2.85 bits per heavy atom. The second kappa shape index (κ2) is 3.07. The topological polar surface area (TPSA) is 12.9 Å². The number of nitrogens with zero attached hydrogens (tertiary/aromatic N) is 1. The fraction of sp³-hybridized carbons (Fsp3) is 0.100. The predicted molar refractivity (Wildman–Crippen MR) is 54.1 cm³/mol. The Labute approximate surface area is 83.7 Å². The highest BCUT2D eigenvalue weighted by Gasteiger charge is 2.01. The van der Waals surface area contributed by atoms with Crippen molar-refractivity contribution in [2.75, 3.05) is 0 Å². The summed E-state index contributed by atoms with van der Waals surface area (Å²) in [6, 6.07) is 6.53. The maximum Gasteiger partial charge on any atom is 0.123 e. The van der Waals surface area contributed by atoms with Crippen LogP contribution in [0.3, 0.4) is 0 Å². The van der Waals surface area contributed by atoms with Crippen LogP contribution in [0.5, 0.6) is 0 Å². The molecule has 1 aromatic carbocycles. The molecule has 3 heteroatoms. The van der Waals surface area contributed by atoms with Crippen LogP contribution in [0.4, 0.5) is 4.39 Å². The van der Waals surface area contributed by atoms with Crippen LogP contribution in [0, 0.1) is 12.7 Å². The van der Waals surface area contributed by atoms with E-state index in [4.69, 9.17) is 0 Å². The predicted octanol–water partition coefficient (Wildman–Crippen LogP) is 3.44. The first-order chi connectivity index (χ1) is 6.16. The van der Waals surface area contributed by atoms with Crippen molar-refractivity contribution in [1.82, 2.24) is 4.98 Å². The van der Waals surface area contributed by atoms with E-state index >= 15 is 0 Å². The zero-order chi connectivity index (χ0) is 9.42. The monoisotopic (exact) mass is 239 g/mol. The number of hydrogen-bond acceptors (Lipinski definition) is 1. The van der Waals surface area contributed by atoms with Gasteiger partial charge in [-0.05, 0) is 52.5 Å². The number of aromatic nitrogens is 1. The summed E-state index contributed by atoms with van der Waals surface area (Å²) in [5.41, 5.74) is 0.880. The van der Waals surface area contributed by atoms with Gasteiger partial charge in [-0.3, -0.25) is 0 Å². The van der Waals surface area contributed by atoms with Crippen molar-refractivity contribution in [2.45, 2.75) is 6.92 Å². The summed E-state index contributed by atoms with van der Waals surface area (Å²) < 4.78 is 13.6. The highest BCUT2D eigenvalue weighted by molar-refractivity contribution is 9.10. The average molecular weight is 240 g/mol. The van der Waals surface area contributed by atoms with Crippen molar-refractivity contribution < 1.29 is 4.39 Å². The lowest BCUT2D eigenvalue weighted by atomic mass is 10.1. The molecular formula is C10H7BrFN. The van der Waals surface area contributed by atoms with Gasteiger partial charge in [0.15, 0.2) is 0 Å². The lowest BCUT2D eigenvalue weighted by molar-refractivity contribution is 0.629. The number of rotatable bonds is 0. The van der Waals surface area contributed by atoms with Crippen molar-refractivity contribution in [3.05, 3.63) is 40.4 Å². The van der Waals surface area contributed by atoms with E-state index in [1.165, 1.54) is 12.1 Å². The number of aryl methyl sites for hydroxylation is 1. The normalized spacial score (nSPS) is 10.7. The van der Waals surface area contributed by atoms with Gasteiger partial charge in [0.05, 0.1) is 0 Å². The van der Waals surface area contributed by atoms with Crippen molar-refractivity contribution in [1.29, 1.82) is 0 Å². The van der Waals surface area contributed by atoms with Crippen molar-refractivity contribution >= 4 is 26.7 Å². The van der Waals surface area contributed by atoms with Crippen LogP contribution in [0.15, 0.2) is 28.9 Å². The Balaban J connectivity index is 2.86. The van der Waals surface area contributed by atoms with Gasteiger partial charge >= 0.3 is 0 Å². The van der Waals surface area contributed by atoms with Crippen molar-refractivity contribution in [3.63, 3.8) is 0 Å². The maximum absolute atomic E-state index is 12.9. The molecule has 0 saturated heterocycles. The molecular weight excluding hydrogens is 233 g/mol. The molecule has 0 amide bonds. The molecule has 0 N–H and O–H groups in total. The summed E-state index contributed by atoms with van der Waals surface area (Å²) in [5.74, 6) is -0.218. The fourth-order valence-electron chi connectivity index (χ4n) is 1.31. The molecule has 1 heterocycles. The van der Waals surface area contributed by atoms with Gasteiger partial charge < -0.3 is 0 Å². The number of pyridine rings is 1. The van der Waals surface area contributed by atoms with E-state index < -0.39 is 0 Å². The Morgan fingerprint density at radius 2 is 2.08 bits per heavy atom. The van der Waals surface area contributed by atoms with Gasteiger partial charge in [0.25, 0.3) is 0 Å². The molecule has 0 fully saturated rings. The van der Waals surface area contributed by atoms with E-state index in [0.29, 0.717) is 0 Å². The van der Waals surface area contributed by atoms with Crippen LogP contribution in [0.2, 0.25) is 0 Å². The molecule has 0 atom stereocenters. The lowest BCUT2D eigenvalue weighted by Crippen LogP contribution is -1.85. The summed E-state index contributed by atoms with van der Waals surface area (Å²) in [6.07, 6.45) is 0. The first kappa shape index (κ1) is 8.63. The van der Waals surface area contributed by atoms with Crippen LogP contribution in [-0.4, -0.2) is 4.98 Å². The summed E-state index contributed by atoms with van der Waals surface area (Å²) in [7, 11) is 0. The smallest absolute Gasteiger partial charge is 0.123 e. The highest BCUT2D eigenvalue weighted by atomic mass is 79.9. The number of fused-ring (bicyclic) bond motifs is 1. The van der Waals surface area contributed by atoms with Crippen LogP contribution in [0.25, 0.3) is 10.8 Å². The molecule has 0 spiro atoms. The van der Waals surface area contributed by atoms with Crippen LogP contribution < -0.4 is 0 Å². The second-order valence-electron chi connectivity index (χ2n) is 2.92.